The average Bonchev–Trinajstić information content (AvgIpc) is 2.54. The smallest absolute Gasteiger partial charge is 0.231 e. The van der Waals surface area contributed by atoms with Crippen LogP contribution in [-0.4, -0.2) is 18.3 Å². The van der Waals surface area contributed by atoms with E-state index in [0.717, 1.165) is 12.8 Å². The third kappa shape index (κ3) is 9.33. The average molecular weight is 333 g/mol. The van der Waals surface area contributed by atoms with Gasteiger partial charge in [-0.3, -0.25) is 9.59 Å². The number of rotatable bonds is 13. The predicted octanol–water partition coefficient (Wildman–Crippen LogP) is 5.12. The molecule has 24 heavy (non-hydrogen) atoms. The molecule has 0 saturated heterocycles. The Kier molecular flexibility index (Phi) is 10.6. The van der Waals surface area contributed by atoms with Crippen molar-refractivity contribution in [3.63, 3.8) is 0 Å². The first-order valence-corrected chi connectivity index (χ1v) is 9.20. The topological polar surface area (TPSA) is 55.4 Å². The normalized spacial score (nSPS) is 10.4. The molecule has 0 atom stereocenters. The first kappa shape index (κ1) is 20.2. The van der Waals surface area contributed by atoms with Crippen molar-refractivity contribution < 1.29 is 14.3 Å². The molecule has 0 saturated carbocycles. The quantitative estimate of drug-likeness (QED) is 0.402. The third-order valence-electron chi connectivity index (χ3n) is 3.85. The van der Waals surface area contributed by atoms with Crippen molar-refractivity contribution in [3.8, 4) is 5.75 Å². The summed E-state index contributed by atoms with van der Waals surface area (Å²) in [6.45, 7) is 4.69. The van der Waals surface area contributed by atoms with Crippen LogP contribution in [0, 0.1) is 0 Å². The SMILES string of the molecule is CCCCCCCCCC(=O)CC(=O)Nc1cccc(OCC)c1. The summed E-state index contributed by atoms with van der Waals surface area (Å²) in [5, 5.41) is 2.76. The van der Waals surface area contributed by atoms with E-state index >= 15 is 0 Å². The number of unbranched alkanes of at least 4 members (excludes halogenated alkanes) is 6. The Bertz CT molecular complexity index is 499. The summed E-state index contributed by atoms with van der Waals surface area (Å²) in [4.78, 5) is 23.8. The van der Waals surface area contributed by atoms with Gasteiger partial charge in [-0.15, -0.1) is 0 Å². The van der Waals surface area contributed by atoms with Gasteiger partial charge in [0.05, 0.1) is 13.0 Å². The first-order chi connectivity index (χ1) is 11.7. The second kappa shape index (κ2) is 12.6. The molecule has 1 N–H and O–H groups in total. The van der Waals surface area contributed by atoms with Crippen LogP contribution in [0.15, 0.2) is 24.3 Å². The maximum Gasteiger partial charge on any atom is 0.231 e. The lowest BCUT2D eigenvalue weighted by Gasteiger charge is -2.08. The van der Waals surface area contributed by atoms with E-state index in [9.17, 15) is 9.59 Å². The molecule has 0 bridgehead atoms. The van der Waals surface area contributed by atoms with E-state index in [1.165, 1.54) is 32.1 Å². The molecular formula is C20H31NO3. The van der Waals surface area contributed by atoms with Crippen molar-refractivity contribution in [1.82, 2.24) is 0 Å². The van der Waals surface area contributed by atoms with E-state index in [0.29, 0.717) is 24.5 Å². The van der Waals surface area contributed by atoms with E-state index in [1.807, 2.05) is 19.1 Å². The van der Waals surface area contributed by atoms with Crippen LogP contribution in [-0.2, 0) is 9.59 Å². The Morgan fingerprint density at radius 3 is 2.42 bits per heavy atom. The molecule has 0 radical (unpaired) electrons. The van der Waals surface area contributed by atoms with E-state index in [-0.39, 0.29) is 18.1 Å². The number of nitrogens with one attached hydrogen (secondary N) is 1. The van der Waals surface area contributed by atoms with Gasteiger partial charge in [-0.1, -0.05) is 51.5 Å². The molecule has 4 heteroatoms. The lowest BCUT2D eigenvalue weighted by atomic mass is 10.1. The Hall–Kier alpha value is -1.84. The molecule has 1 aromatic rings. The fraction of sp³-hybridized carbons (Fsp3) is 0.600. The monoisotopic (exact) mass is 333 g/mol. The Morgan fingerprint density at radius 1 is 1.00 bits per heavy atom. The lowest BCUT2D eigenvalue weighted by Crippen LogP contribution is -2.16. The number of amides is 1. The summed E-state index contributed by atoms with van der Waals surface area (Å²) < 4.78 is 5.39. The zero-order valence-corrected chi connectivity index (χ0v) is 15.1. The predicted molar refractivity (Wildman–Crippen MR) is 98.5 cm³/mol. The zero-order valence-electron chi connectivity index (χ0n) is 15.1. The fourth-order valence-electron chi connectivity index (χ4n) is 2.58. The molecule has 0 aromatic heterocycles. The minimum Gasteiger partial charge on any atom is -0.494 e. The lowest BCUT2D eigenvalue weighted by molar-refractivity contribution is -0.125. The van der Waals surface area contributed by atoms with Crippen LogP contribution < -0.4 is 10.1 Å². The minimum atomic E-state index is -0.253. The summed E-state index contributed by atoms with van der Waals surface area (Å²) in [6.07, 6.45) is 8.68. The van der Waals surface area contributed by atoms with E-state index in [2.05, 4.69) is 12.2 Å². The van der Waals surface area contributed by atoms with Crippen molar-refractivity contribution >= 4 is 17.4 Å². The molecule has 0 fully saturated rings. The summed E-state index contributed by atoms with van der Waals surface area (Å²) in [7, 11) is 0. The number of Topliss-reactive ketones (excluding diaryl/α,β-unsaturated/α-hetero) is 1. The molecule has 1 amide bonds. The second-order valence-corrected chi connectivity index (χ2v) is 6.10. The van der Waals surface area contributed by atoms with Gasteiger partial charge in [0.2, 0.25) is 5.91 Å². The maximum atomic E-state index is 11.9. The van der Waals surface area contributed by atoms with E-state index in [1.54, 1.807) is 12.1 Å². The molecule has 1 aromatic carbocycles. The number of ketones is 1. The number of hydrogen-bond acceptors (Lipinski definition) is 3. The van der Waals surface area contributed by atoms with E-state index in [4.69, 9.17) is 4.74 Å². The van der Waals surface area contributed by atoms with Crippen molar-refractivity contribution in [2.24, 2.45) is 0 Å². The summed E-state index contributed by atoms with van der Waals surface area (Å²) in [5.74, 6) is 0.475. The third-order valence-corrected chi connectivity index (χ3v) is 3.85. The molecular weight excluding hydrogens is 302 g/mol. The highest BCUT2D eigenvalue weighted by atomic mass is 16.5. The van der Waals surface area contributed by atoms with Crippen LogP contribution in [0.5, 0.6) is 5.75 Å². The van der Waals surface area contributed by atoms with Gasteiger partial charge in [0.1, 0.15) is 11.5 Å². The summed E-state index contributed by atoms with van der Waals surface area (Å²) in [6, 6.07) is 7.22. The van der Waals surface area contributed by atoms with Crippen LogP contribution in [0.3, 0.4) is 0 Å². The van der Waals surface area contributed by atoms with Crippen LogP contribution >= 0.6 is 0 Å². The molecule has 134 valence electrons. The van der Waals surface area contributed by atoms with Gasteiger partial charge in [-0.05, 0) is 25.5 Å². The van der Waals surface area contributed by atoms with E-state index < -0.39 is 0 Å². The largest absolute Gasteiger partial charge is 0.494 e. The summed E-state index contributed by atoms with van der Waals surface area (Å²) >= 11 is 0. The fourth-order valence-corrected chi connectivity index (χ4v) is 2.58. The van der Waals surface area contributed by atoms with Gasteiger partial charge >= 0.3 is 0 Å². The highest BCUT2D eigenvalue weighted by Gasteiger charge is 2.10. The molecule has 0 spiro atoms. The Labute approximate surface area is 146 Å². The number of carbonyl (C=O) groups is 2. The van der Waals surface area contributed by atoms with Crippen LogP contribution in [0.1, 0.15) is 71.6 Å². The Morgan fingerprint density at radius 2 is 1.71 bits per heavy atom. The van der Waals surface area contributed by atoms with Crippen molar-refractivity contribution in [2.45, 2.75) is 71.6 Å². The number of anilines is 1. The molecule has 0 unspecified atom stereocenters. The van der Waals surface area contributed by atoms with Gasteiger partial charge < -0.3 is 10.1 Å². The number of benzene rings is 1. The standard InChI is InChI=1S/C20H31NO3/c1-3-5-6-7-8-9-10-13-18(22)16-20(23)21-17-12-11-14-19(15-17)24-4-2/h11-12,14-15H,3-10,13,16H2,1-2H3,(H,21,23). The van der Waals surface area contributed by atoms with Gasteiger partial charge in [0.25, 0.3) is 0 Å². The zero-order chi connectivity index (χ0) is 17.6. The highest BCUT2D eigenvalue weighted by molar-refractivity contribution is 6.04. The van der Waals surface area contributed by atoms with Crippen LogP contribution in [0.4, 0.5) is 5.69 Å². The minimum absolute atomic E-state index is 0.0158. The molecule has 0 heterocycles. The highest BCUT2D eigenvalue weighted by Crippen LogP contribution is 2.17. The Balaban J connectivity index is 2.20. The van der Waals surface area contributed by atoms with Crippen molar-refractivity contribution in [2.75, 3.05) is 11.9 Å². The van der Waals surface area contributed by atoms with Gasteiger partial charge in [-0.2, -0.15) is 0 Å². The number of carbonyl (C=O) groups excluding carboxylic acids is 2. The number of ether oxygens (including phenoxy) is 1. The molecule has 1 rings (SSSR count). The van der Waals surface area contributed by atoms with Gasteiger partial charge in [0.15, 0.2) is 0 Å². The van der Waals surface area contributed by atoms with Crippen LogP contribution in [0.25, 0.3) is 0 Å². The summed E-state index contributed by atoms with van der Waals surface area (Å²) in [5.41, 5.74) is 0.662. The maximum absolute atomic E-state index is 11.9. The molecule has 0 aliphatic carbocycles. The van der Waals surface area contributed by atoms with Crippen molar-refractivity contribution in [1.29, 1.82) is 0 Å². The number of hydrogen-bond donors (Lipinski definition) is 1. The first-order valence-electron chi connectivity index (χ1n) is 9.20. The molecule has 4 nitrogen and oxygen atoms in total. The van der Waals surface area contributed by atoms with Gasteiger partial charge in [0, 0.05) is 18.2 Å². The van der Waals surface area contributed by atoms with Gasteiger partial charge in [-0.25, -0.2) is 0 Å². The second-order valence-electron chi connectivity index (χ2n) is 6.10. The molecule has 0 aliphatic heterocycles. The van der Waals surface area contributed by atoms with Crippen LogP contribution in [0.2, 0.25) is 0 Å². The van der Waals surface area contributed by atoms with Crippen molar-refractivity contribution in [3.05, 3.63) is 24.3 Å². The molecule has 0 aliphatic rings.